The molecule has 1 aliphatic heterocycles. The first-order chi connectivity index (χ1) is 5.90. The summed E-state index contributed by atoms with van der Waals surface area (Å²) < 4.78 is 5.66. The topological polar surface area (TPSA) is 35.2 Å². The molecule has 1 atom stereocenters. The van der Waals surface area contributed by atoms with E-state index in [9.17, 15) is 0 Å². The van der Waals surface area contributed by atoms with Crippen LogP contribution < -0.4 is 10.5 Å². The molecule has 0 saturated heterocycles. The Morgan fingerprint density at radius 3 is 3.08 bits per heavy atom. The lowest BCUT2D eigenvalue weighted by molar-refractivity contribution is 0.181. The minimum atomic E-state index is 0.222. The fourth-order valence-electron chi connectivity index (χ4n) is 1.55. The van der Waals surface area contributed by atoms with Gasteiger partial charge in [0.05, 0.1) is 0 Å². The third-order valence-electron chi connectivity index (χ3n) is 2.26. The van der Waals surface area contributed by atoms with Gasteiger partial charge in [0.25, 0.3) is 0 Å². The number of para-hydroxylation sites is 1. The van der Waals surface area contributed by atoms with E-state index in [4.69, 9.17) is 10.5 Å². The molecule has 0 bridgehead atoms. The molecule has 0 spiro atoms. The van der Waals surface area contributed by atoms with Crippen LogP contribution in [0.15, 0.2) is 24.3 Å². The summed E-state index contributed by atoms with van der Waals surface area (Å²) in [5.41, 5.74) is 6.84. The first-order valence-electron chi connectivity index (χ1n) is 4.35. The van der Waals surface area contributed by atoms with Gasteiger partial charge in [-0.15, -0.1) is 0 Å². The van der Waals surface area contributed by atoms with Crippen LogP contribution >= 0.6 is 0 Å². The Labute approximate surface area is 72.3 Å². The molecule has 0 saturated carbocycles. The molecule has 64 valence electrons. The highest BCUT2D eigenvalue weighted by Gasteiger charge is 2.16. The van der Waals surface area contributed by atoms with Crippen molar-refractivity contribution in [2.75, 3.05) is 6.54 Å². The van der Waals surface area contributed by atoms with E-state index in [0.717, 1.165) is 18.6 Å². The van der Waals surface area contributed by atoms with Crippen LogP contribution in [0.3, 0.4) is 0 Å². The molecule has 1 aromatic carbocycles. The molecule has 2 rings (SSSR count). The van der Waals surface area contributed by atoms with E-state index in [1.54, 1.807) is 0 Å². The van der Waals surface area contributed by atoms with Crippen molar-refractivity contribution < 1.29 is 4.74 Å². The smallest absolute Gasteiger partial charge is 0.122 e. The fraction of sp³-hybridized carbons (Fsp3) is 0.400. The molecule has 1 aliphatic rings. The van der Waals surface area contributed by atoms with Gasteiger partial charge < -0.3 is 10.5 Å². The van der Waals surface area contributed by atoms with E-state index in [2.05, 4.69) is 6.07 Å². The van der Waals surface area contributed by atoms with E-state index < -0.39 is 0 Å². The standard InChI is InChI=1S/C10H13NO/c11-7-9-6-5-8-3-1-2-4-10(8)12-9/h1-4,9H,5-7,11H2/t9-/m0/s1. The zero-order valence-electron chi connectivity index (χ0n) is 6.99. The van der Waals surface area contributed by atoms with Crippen LogP contribution in [0.2, 0.25) is 0 Å². The number of hydrogen-bond donors (Lipinski definition) is 1. The monoisotopic (exact) mass is 163 g/mol. The molecule has 0 fully saturated rings. The van der Waals surface area contributed by atoms with Crippen LogP contribution in [-0.2, 0) is 6.42 Å². The maximum atomic E-state index is 5.66. The number of rotatable bonds is 1. The van der Waals surface area contributed by atoms with Crippen molar-refractivity contribution in [1.82, 2.24) is 0 Å². The first-order valence-corrected chi connectivity index (χ1v) is 4.35. The normalized spacial score (nSPS) is 21.2. The Kier molecular flexibility index (Phi) is 2.00. The lowest BCUT2D eigenvalue weighted by atomic mass is 10.0. The zero-order valence-corrected chi connectivity index (χ0v) is 6.99. The van der Waals surface area contributed by atoms with Gasteiger partial charge in [0.15, 0.2) is 0 Å². The molecule has 0 aliphatic carbocycles. The highest BCUT2D eigenvalue weighted by Crippen LogP contribution is 2.26. The third-order valence-corrected chi connectivity index (χ3v) is 2.26. The fourth-order valence-corrected chi connectivity index (χ4v) is 1.55. The Balaban J connectivity index is 2.23. The second-order valence-electron chi connectivity index (χ2n) is 3.12. The molecular formula is C10H13NO. The minimum absolute atomic E-state index is 0.222. The summed E-state index contributed by atoms with van der Waals surface area (Å²) in [6.07, 6.45) is 2.37. The molecule has 1 aromatic rings. The summed E-state index contributed by atoms with van der Waals surface area (Å²) in [4.78, 5) is 0. The van der Waals surface area contributed by atoms with E-state index in [0.29, 0.717) is 6.54 Å². The number of nitrogens with two attached hydrogens (primary N) is 1. The number of ether oxygens (including phenoxy) is 1. The summed E-state index contributed by atoms with van der Waals surface area (Å²) in [5, 5.41) is 0. The van der Waals surface area contributed by atoms with Gasteiger partial charge in [-0.05, 0) is 24.5 Å². The van der Waals surface area contributed by atoms with E-state index >= 15 is 0 Å². The molecule has 0 radical (unpaired) electrons. The second-order valence-corrected chi connectivity index (χ2v) is 3.12. The highest BCUT2D eigenvalue weighted by molar-refractivity contribution is 5.35. The van der Waals surface area contributed by atoms with Crippen LogP contribution in [0.1, 0.15) is 12.0 Å². The summed E-state index contributed by atoms with van der Waals surface area (Å²) in [6, 6.07) is 8.17. The number of benzene rings is 1. The van der Waals surface area contributed by atoms with E-state index in [1.165, 1.54) is 5.56 Å². The predicted octanol–water partition coefficient (Wildman–Crippen LogP) is 1.34. The van der Waals surface area contributed by atoms with Crippen molar-refractivity contribution in [2.24, 2.45) is 5.73 Å². The largest absolute Gasteiger partial charge is 0.489 e. The van der Waals surface area contributed by atoms with Gasteiger partial charge in [-0.25, -0.2) is 0 Å². The Morgan fingerprint density at radius 1 is 1.42 bits per heavy atom. The maximum Gasteiger partial charge on any atom is 0.122 e. The van der Waals surface area contributed by atoms with Crippen molar-refractivity contribution in [3.63, 3.8) is 0 Å². The van der Waals surface area contributed by atoms with Gasteiger partial charge in [0.2, 0.25) is 0 Å². The number of hydrogen-bond acceptors (Lipinski definition) is 2. The van der Waals surface area contributed by atoms with Crippen molar-refractivity contribution >= 4 is 0 Å². The first kappa shape index (κ1) is 7.62. The van der Waals surface area contributed by atoms with Gasteiger partial charge in [-0.2, -0.15) is 0 Å². The van der Waals surface area contributed by atoms with Crippen LogP contribution in [0.25, 0.3) is 0 Å². The van der Waals surface area contributed by atoms with Crippen LogP contribution in [0.4, 0.5) is 0 Å². The SMILES string of the molecule is NC[C@@H]1CCc2ccccc2O1. The Bertz CT molecular complexity index is 272. The average Bonchev–Trinajstić information content (AvgIpc) is 2.17. The summed E-state index contributed by atoms with van der Waals surface area (Å²) >= 11 is 0. The van der Waals surface area contributed by atoms with Crippen LogP contribution in [0, 0.1) is 0 Å². The van der Waals surface area contributed by atoms with Crippen molar-refractivity contribution in [3.8, 4) is 5.75 Å². The van der Waals surface area contributed by atoms with Gasteiger partial charge >= 0.3 is 0 Å². The summed E-state index contributed by atoms with van der Waals surface area (Å²) in [6.45, 7) is 0.619. The number of aryl methyl sites for hydroxylation is 1. The molecule has 12 heavy (non-hydrogen) atoms. The Morgan fingerprint density at radius 2 is 2.25 bits per heavy atom. The lowest BCUT2D eigenvalue weighted by Gasteiger charge is -2.24. The van der Waals surface area contributed by atoms with Crippen molar-refractivity contribution in [2.45, 2.75) is 18.9 Å². The van der Waals surface area contributed by atoms with Crippen LogP contribution in [-0.4, -0.2) is 12.6 Å². The Hall–Kier alpha value is -1.02. The summed E-state index contributed by atoms with van der Waals surface area (Å²) in [5.74, 6) is 1.01. The van der Waals surface area contributed by atoms with E-state index in [1.807, 2.05) is 18.2 Å². The molecule has 2 heteroatoms. The maximum absolute atomic E-state index is 5.66. The third kappa shape index (κ3) is 1.30. The minimum Gasteiger partial charge on any atom is -0.489 e. The average molecular weight is 163 g/mol. The second kappa shape index (κ2) is 3.15. The zero-order chi connectivity index (χ0) is 8.39. The van der Waals surface area contributed by atoms with Gasteiger partial charge in [0, 0.05) is 6.54 Å². The molecule has 0 unspecified atom stereocenters. The molecule has 2 nitrogen and oxygen atoms in total. The van der Waals surface area contributed by atoms with Crippen LogP contribution in [0.5, 0.6) is 5.75 Å². The van der Waals surface area contributed by atoms with Gasteiger partial charge in [-0.1, -0.05) is 18.2 Å². The predicted molar refractivity (Wildman–Crippen MR) is 48.2 cm³/mol. The lowest BCUT2D eigenvalue weighted by Crippen LogP contribution is -2.30. The van der Waals surface area contributed by atoms with Gasteiger partial charge in [-0.3, -0.25) is 0 Å². The van der Waals surface area contributed by atoms with Crippen molar-refractivity contribution in [1.29, 1.82) is 0 Å². The quantitative estimate of drug-likeness (QED) is 0.678. The molecule has 1 heterocycles. The molecule has 0 aromatic heterocycles. The molecular weight excluding hydrogens is 150 g/mol. The van der Waals surface area contributed by atoms with E-state index in [-0.39, 0.29) is 6.10 Å². The highest BCUT2D eigenvalue weighted by atomic mass is 16.5. The molecule has 2 N–H and O–H groups in total. The van der Waals surface area contributed by atoms with Gasteiger partial charge in [0.1, 0.15) is 11.9 Å². The molecule has 0 amide bonds. The number of fused-ring (bicyclic) bond motifs is 1. The van der Waals surface area contributed by atoms with Crippen molar-refractivity contribution in [3.05, 3.63) is 29.8 Å². The summed E-state index contributed by atoms with van der Waals surface area (Å²) in [7, 11) is 0.